The summed E-state index contributed by atoms with van der Waals surface area (Å²) in [5.74, 6) is 0.920. The van der Waals surface area contributed by atoms with Crippen LogP contribution in [0.3, 0.4) is 0 Å². The van der Waals surface area contributed by atoms with Gasteiger partial charge in [0.1, 0.15) is 12.1 Å². The van der Waals surface area contributed by atoms with Crippen LogP contribution in [-0.2, 0) is 0 Å². The summed E-state index contributed by atoms with van der Waals surface area (Å²) in [5, 5.41) is 3.27. The zero-order chi connectivity index (χ0) is 13.1. The summed E-state index contributed by atoms with van der Waals surface area (Å²) in [6.45, 7) is 9.26. The van der Waals surface area contributed by atoms with Gasteiger partial charge in [-0.1, -0.05) is 18.2 Å². The third kappa shape index (κ3) is 2.21. The molecule has 2 aromatic rings. The summed E-state index contributed by atoms with van der Waals surface area (Å²) in [7, 11) is 0. The van der Waals surface area contributed by atoms with Gasteiger partial charge in [-0.2, -0.15) is 0 Å². The summed E-state index contributed by atoms with van der Waals surface area (Å²) in [4.78, 5) is 8.73. The van der Waals surface area contributed by atoms with Crippen molar-refractivity contribution in [1.82, 2.24) is 9.97 Å². The van der Waals surface area contributed by atoms with E-state index in [-0.39, 0.29) is 0 Å². The van der Waals surface area contributed by atoms with Crippen LogP contribution in [0.5, 0.6) is 0 Å². The molecule has 1 heterocycles. The minimum Gasteiger partial charge on any atom is -0.370 e. The highest BCUT2D eigenvalue weighted by molar-refractivity contribution is 5.71. The molecule has 0 amide bonds. The Bertz CT molecular complexity index is 562. The molecule has 2 rings (SSSR count). The summed E-state index contributed by atoms with van der Waals surface area (Å²) in [6, 6.07) is 6.32. The van der Waals surface area contributed by atoms with Crippen molar-refractivity contribution in [1.29, 1.82) is 0 Å². The van der Waals surface area contributed by atoms with E-state index in [1.54, 1.807) is 6.33 Å². The van der Waals surface area contributed by atoms with E-state index in [4.69, 9.17) is 0 Å². The van der Waals surface area contributed by atoms with Crippen LogP contribution >= 0.6 is 0 Å². The van der Waals surface area contributed by atoms with Gasteiger partial charge in [-0.05, 0) is 38.8 Å². The second-order valence-corrected chi connectivity index (χ2v) is 4.47. The second kappa shape index (κ2) is 5.17. The Morgan fingerprint density at radius 3 is 2.56 bits per heavy atom. The second-order valence-electron chi connectivity index (χ2n) is 4.47. The number of aryl methyl sites for hydroxylation is 1. The third-order valence-corrected chi connectivity index (χ3v) is 3.29. The van der Waals surface area contributed by atoms with Crippen LogP contribution < -0.4 is 5.32 Å². The topological polar surface area (TPSA) is 37.8 Å². The van der Waals surface area contributed by atoms with E-state index in [0.29, 0.717) is 0 Å². The SMILES string of the molecule is CCNc1ncnc(-c2cccc(C)c2C)c1C. The molecule has 0 unspecified atom stereocenters. The van der Waals surface area contributed by atoms with Crippen molar-refractivity contribution in [3.05, 3.63) is 41.2 Å². The van der Waals surface area contributed by atoms with Crippen LogP contribution in [0.15, 0.2) is 24.5 Å². The number of anilines is 1. The normalized spacial score (nSPS) is 10.4. The van der Waals surface area contributed by atoms with Gasteiger partial charge < -0.3 is 5.32 Å². The predicted octanol–water partition coefficient (Wildman–Crippen LogP) is 3.50. The van der Waals surface area contributed by atoms with Crippen molar-refractivity contribution < 1.29 is 0 Å². The number of hydrogen-bond donors (Lipinski definition) is 1. The van der Waals surface area contributed by atoms with Crippen molar-refractivity contribution in [2.24, 2.45) is 0 Å². The molecule has 0 bridgehead atoms. The van der Waals surface area contributed by atoms with E-state index in [9.17, 15) is 0 Å². The monoisotopic (exact) mass is 241 g/mol. The van der Waals surface area contributed by atoms with E-state index < -0.39 is 0 Å². The molecule has 1 aromatic carbocycles. The lowest BCUT2D eigenvalue weighted by molar-refractivity contribution is 1.08. The molecule has 0 saturated heterocycles. The molecular weight excluding hydrogens is 222 g/mol. The minimum atomic E-state index is 0.865. The first-order valence-electron chi connectivity index (χ1n) is 6.27. The fourth-order valence-electron chi connectivity index (χ4n) is 2.07. The summed E-state index contributed by atoms with van der Waals surface area (Å²) >= 11 is 0. The number of aromatic nitrogens is 2. The van der Waals surface area contributed by atoms with Crippen LogP contribution in [0.25, 0.3) is 11.3 Å². The average Bonchev–Trinajstić information content (AvgIpc) is 2.36. The molecule has 0 atom stereocenters. The highest BCUT2D eigenvalue weighted by atomic mass is 15.0. The first kappa shape index (κ1) is 12.6. The molecular formula is C15H19N3. The fraction of sp³-hybridized carbons (Fsp3) is 0.333. The van der Waals surface area contributed by atoms with Crippen LogP contribution in [-0.4, -0.2) is 16.5 Å². The molecule has 94 valence electrons. The fourth-order valence-corrected chi connectivity index (χ4v) is 2.07. The van der Waals surface area contributed by atoms with Gasteiger partial charge in [-0.3, -0.25) is 0 Å². The molecule has 0 aliphatic rings. The zero-order valence-electron chi connectivity index (χ0n) is 11.4. The van der Waals surface area contributed by atoms with Crippen molar-refractivity contribution >= 4 is 5.82 Å². The van der Waals surface area contributed by atoms with E-state index in [1.807, 2.05) is 0 Å². The van der Waals surface area contributed by atoms with E-state index in [1.165, 1.54) is 16.7 Å². The van der Waals surface area contributed by atoms with Gasteiger partial charge >= 0.3 is 0 Å². The first-order chi connectivity index (χ1) is 8.65. The lowest BCUT2D eigenvalue weighted by atomic mass is 9.98. The van der Waals surface area contributed by atoms with Crippen LogP contribution in [0, 0.1) is 20.8 Å². The standard InChI is InChI=1S/C15H19N3/c1-5-16-15-12(4)14(17-9-18-15)13-8-6-7-10(2)11(13)3/h6-9H,5H2,1-4H3,(H,16,17,18). The molecule has 0 radical (unpaired) electrons. The third-order valence-electron chi connectivity index (χ3n) is 3.29. The molecule has 1 aromatic heterocycles. The number of nitrogens with one attached hydrogen (secondary N) is 1. The quantitative estimate of drug-likeness (QED) is 0.893. The molecule has 0 saturated carbocycles. The van der Waals surface area contributed by atoms with Crippen LogP contribution in [0.2, 0.25) is 0 Å². The molecule has 1 N–H and O–H groups in total. The van der Waals surface area contributed by atoms with E-state index in [2.05, 4.69) is 61.2 Å². The van der Waals surface area contributed by atoms with Gasteiger partial charge in [0.2, 0.25) is 0 Å². The Balaban J connectivity index is 2.57. The lowest BCUT2D eigenvalue weighted by Crippen LogP contribution is -2.04. The summed E-state index contributed by atoms with van der Waals surface area (Å²) in [5.41, 5.74) is 5.88. The number of hydrogen-bond acceptors (Lipinski definition) is 3. The average molecular weight is 241 g/mol. The maximum atomic E-state index is 4.44. The Kier molecular flexibility index (Phi) is 3.60. The van der Waals surface area contributed by atoms with Crippen molar-refractivity contribution in [2.75, 3.05) is 11.9 Å². The van der Waals surface area contributed by atoms with Gasteiger partial charge in [0.05, 0.1) is 5.69 Å². The summed E-state index contributed by atoms with van der Waals surface area (Å²) < 4.78 is 0. The number of nitrogens with zero attached hydrogens (tertiary/aromatic N) is 2. The van der Waals surface area contributed by atoms with Crippen LogP contribution in [0.4, 0.5) is 5.82 Å². The van der Waals surface area contributed by atoms with Crippen molar-refractivity contribution in [3.8, 4) is 11.3 Å². The zero-order valence-corrected chi connectivity index (χ0v) is 11.4. The predicted molar refractivity (Wildman–Crippen MR) is 75.8 cm³/mol. The van der Waals surface area contributed by atoms with Crippen LogP contribution in [0.1, 0.15) is 23.6 Å². The Labute approximate surface area is 108 Å². The molecule has 0 aliphatic carbocycles. The number of benzene rings is 1. The molecule has 3 heteroatoms. The Morgan fingerprint density at radius 2 is 1.83 bits per heavy atom. The maximum Gasteiger partial charge on any atom is 0.132 e. The maximum absolute atomic E-state index is 4.44. The van der Waals surface area contributed by atoms with Crippen molar-refractivity contribution in [3.63, 3.8) is 0 Å². The Hall–Kier alpha value is -1.90. The molecule has 0 aliphatic heterocycles. The van der Waals surface area contributed by atoms with Crippen molar-refractivity contribution in [2.45, 2.75) is 27.7 Å². The van der Waals surface area contributed by atoms with Gasteiger partial charge in [-0.25, -0.2) is 9.97 Å². The van der Waals surface area contributed by atoms with Gasteiger partial charge in [0, 0.05) is 17.7 Å². The summed E-state index contributed by atoms with van der Waals surface area (Å²) in [6.07, 6.45) is 1.63. The largest absolute Gasteiger partial charge is 0.370 e. The van der Waals surface area contributed by atoms with Gasteiger partial charge in [0.25, 0.3) is 0 Å². The van der Waals surface area contributed by atoms with Gasteiger partial charge in [-0.15, -0.1) is 0 Å². The number of rotatable bonds is 3. The highest BCUT2D eigenvalue weighted by Crippen LogP contribution is 2.28. The minimum absolute atomic E-state index is 0.865. The molecule has 0 spiro atoms. The smallest absolute Gasteiger partial charge is 0.132 e. The molecule has 18 heavy (non-hydrogen) atoms. The first-order valence-corrected chi connectivity index (χ1v) is 6.27. The van der Waals surface area contributed by atoms with E-state index in [0.717, 1.165) is 23.6 Å². The molecule has 0 fully saturated rings. The van der Waals surface area contributed by atoms with Gasteiger partial charge in [0.15, 0.2) is 0 Å². The highest BCUT2D eigenvalue weighted by Gasteiger charge is 2.11. The Morgan fingerprint density at radius 1 is 1.06 bits per heavy atom. The van der Waals surface area contributed by atoms with E-state index >= 15 is 0 Å². The molecule has 3 nitrogen and oxygen atoms in total. The lowest BCUT2D eigenvalue weighted by Gasteiger charge is -2.13.